The number of rotatable bonds is 11. The summed E-state index contributed by atoms with van der Waals surface area (Å²) in [6.07, 6.45) is -29.7. The molecule has 4 rings (SSSR count). The van der Waals surface area contributed by atoms with Crippen molar-refractivity contribution < 1.29 is 99.2 Å². The average Bonchev–Trinajstić information content (AvgIpc) is 3.06. The Morgan fingerprint density at radius 1 is 0.542 bits per heavy atom. The van der Waals surface area contributed by atoms with Gasteiger partial charge in [0, 0.05) is 12.8 Å². The highest BCUT2D eigenvalue weighted by atomic mass is 16.8. The van der Waals surface area contributed by atoms with Crippen LogP contribution in [0.1, 0.15) is 13.8 Å². The van der Waals surface area contributed by atoms with Crippen molar-refractivity contribution in [2.24, 2.45) is 5.92 Å². The van der Waals surface area contributed by atoms with E-state index in [-0.39, 0.29) is 0 Å². The molecule has 4 heterocycles. The van der Waals surface area contributed by atoms with Crippen LogP contribution in [0, 0.1) is 5.92 Å². The minimum atomic E-state index is -1.94. The third kappa shape index (κ3) is 8.10. The second kappa shape index (κ2) is 16.8. The normalized spacial score (nSPS) is 50.2. The van der Waals surface area contributed by atoms with E-state index in [4.69, 9.17) is 33.2 Å². The van der Waals surface area contributed by atoms with Crippen molar-refractivity contribution in [3.8, 4) is 0 Å². The zero-order valence-corrected chi connectivity index (χ0v) is 26.0. The topological polar surface area (TPSA) is 336 Å². The van der Waals surface area contributed by atoms with Gasteiger partial charge in [-0.2, -0.15) is 0 Å². The highest BCUT2D eigenvalue weighted by Crippen LogP contribution is 2.35. The fraction of sp³-hybridized carbons (Fsp3) is 0.963. The van der Waals surface area contributed by atoms with Gasteiger partial charge < -0.3 is 99.8 Å². The van der Waals surface area contributed by atoms with E-state index in [2.05, 4.69) is 5.32 Å². The minimum absolute atomic E-state index is 0.721. The van der Waals surface area contributed by atoms with Crippen LogP contribution in [-0.2, 0) is 38.0 Å². The molecule has 0 spiro atoms. The van der Waals surface area contributed by atoms with Gasteiger partial charge in [0.25, 0.3) is 0 Å². The zero-order chi connectivity index (χ0) is 35.6. The average molecular weight is 706 g/mol. The molecule has 0 bridgehead atoms. The lowest BCUT2D eigenvalue weighted by Crippen LogP contribution is -2.69. The first-order chi connectivity index (χ1) is 22.7. The maximum atomic E-state index is 12.2. The first kappa shape index (κ1) is 39.5. The Morgan fingerprint density at radius 3 is 1.54 bits per heavy atom. The van der Waals surface area contributed by atoms with Crippen LogP contribution in [0.3, 0.4) is 0 Å². The first-order valence-electron chi connectivity index (χ1n) is 15.4. The van der Waals surface area contributed by atoms with Crippen LogP contribution in [0.4, 0.5) is 0 Å². The fourth-order valence-electron chi connectivity index (χ4n) is 6.09. The molecule has 4 fully saturated rings. The Morgan fingerprint density at radius 2 is 1.00 bits per heavy atom. The number of nitrogens with one attached hydrogen (secondary N) is 1. The molecule has 0 aromatic rings. The molecule has 13 N–H and O–H groups in total. The van der Waals surface area contributed by atoms with Crippen molar-refractivity contribution >= 4 is 5.91 Å². The molecule has 280 valence electrons. The molecule has 0 aromatic heterocycles. The van der Waals surface area contributed by atoms with Crippen LogP contribution in [0.2, 0.25) is 0 Å². The lowest BCUT2D eigenvalue weighted by atomic mass is 9.92. The van der Waals surface area contributed by atoms with E-state index in [0.717, 1.165) is 6.92 Å². The van der Waals surface area contributed by atoms with Crippen LogP contribution < -0.4 is 5.32 Å². The zero-order valence-electron chi connectivity index (χ0n) is 26.0. The number of hydrogen-bond donors (Lipinski definition) is 13. The van der Waals surface area contributed by atoms with Crippen molar-refractivity contribution in [1.29, 1.82) is 0 Å². The van der Waals surface area contributed by atoms with Gasteiger partial charge in [-0.15, -0.1) is 0 Å². The van der Waals surface area contributed by atoms with E-state index in [9.17, 15) is 66.1 Å². The summed E-state index contributed by atoms with van der Waals surface area (Å²) >= 11 is 0. The van der Waals surface area contributed by atoms with Crippen LogP contribution in [-0.4, -0.2) is 210 Å². The molecule has 0 saturated carbocycles. The summed E-state index contributed by atoms with van der Waals surface area (Å²) in [6.45, 7) is -0.724. The standard InChI is InChI=1S/C27H47NO20/c1-7-14(34)21(11(5-31)42-24(7)41)46-27-20(40)23(16(36)10(4-30)44-27)48-25-13(28-8(2)33)17(37)22(12(6-32)45-25)47-26-19(39)18(38)15(35)9(3-29)43-26/h7,9-27,29-32,34-41H,3-6H2,1-2H3,(H,28,33)/t7?,9?,10?,11?,12?,13?,14?,15-,16-,17?,18?,19?,20?,21+,22+,23?,24+,25-,26-,27-/m0/s1. The van der Waals surface area contributed by atoms with Gasteiger partial charge in [-0.3, -0.25) is 4.79 Å². The quantitative estimate of drug-likeness (QED) is 0.0949. The Balaban J connectivity index is 1.56. The van der Waals surface area contributed by atoms with Gasteiger partial charge in [-0.1, -0.05) is 6.92 Å². The Bertz CT molecular complexity index is 1030. The molecule has 0 radical (unpaired) electrons. The molecule has 4 saturated heterocycles. The summed E-state index contributed by atoms with van der Waals surface area (Å²) in [6, 6.07) is -1.58. The van der Waals surface area contributed by atoms with E-state index in [1.807, 2.05) is 0 Å². The molecule has 1 amide bonds. The van der Waals surface area contributed by atoms with Crippen LogP contribution in [0.15, 0.2) is 0 Å². The van der Waals surface area contributed by atoms with Crippen molar-refractivity contribution in [1.82, 2.24) is 5.32 Å². The predicted molar refractivity (Wildman–Crippen MR) is 149 cm³/mol. The Kier molecular flexibility index (Phi) is 13.8. The third-order valence-electron chi connectivity index (χ3n) is 8.95. The monoisotopic (exact) mass is 705 g/mol. The largest absolute Gasteiger partial charge is 0.394 e. The van der Waals surface area contributed by atoms with Gasteiger partial charge in [0.05, 0.1) is 32.5 Å². The first-order valence-corrected chi connectivity index (χ1v) is 15.4. The van der Waals surface area contributed by atoms with Crippen molar-refractivity contribution in [3.05, 3.63) is 0 Å². The van der Waals surface area contributed by atoms with Gasteiger partial charge in [-0.25, -0.2) is 0 Å². The SMILES string of the molecule is CC(=O)NC1C(O)[C@H](O[C@@H]2OC(CO)[C@H](O)C(O)C2O)C(CO)O[C@H]1OC1C(O)[C@H](O[C@@H]2C(CO)O[C@@H](O)C(C)C2O)OC(CO)[C@@H]1O. The molecule has 21 heteroatoms. The highest BCUT2D eigenvalue weighted by Gasteiger charge is 2.55. The molecule has 0 aliphatic carbocycles. The molecular formula is C27H47NO20. The number of aliphatic hydroxyl groups is 12. The molecule has 20 atom stereocenters. The van der Waals surface area contributed by atoms with Crippen molar-refractivity contribution in [3.63, 3.8) is 0 Å². The van der Waals surface area contributed by atoms with E-state index in [0.29, 0.717) is 0 Å². The minimum Gasteiger partial charge on any atom is -0.394 e. The highest BCUT2D eigenvalue weighted by molar-refractivity contribution is 5.73. The van der Waals surface area contributed by atoms with Gasteiger partial charge in [0.2, 0.25) is 5.91 Å². The van der Waals surface area contributed by atoms with E-state index in [1.54, 1.807) is 0 Å². The maximum Gasteiger partial charge on any atom is 0.217 e. The second-order valence-corrected chi connectivity index (χ2v) is 12.2. The number of amides is 1. The number of hydrogen-bond acceptors (Lipinski definition) is 20. The smallest absolute Gasteiger partial charge is 0.217 e. The third-order valence-corrected chi connectivity index (χ3v) is 8.95. The molecule has 21 nitrogen and oxygen atoms in total. The fourth-order valence-corrected chi connectivity index (χ4v) is 6.09. The number of carbonyl (C=O) groups is 1. The lowest BCUT2D eigenvalue weighted by Gasteiger charge is -2.50. The lowest BCUT2D eigenvalue weighted by molar-refractivity contribution is -0.378. The van der Waals surface area contributed by atoms with Gasteiger partial charge in [0.15, 0.2) is 25.2 Å². The summed E-state index contributed by atoms with van der Waals surface area (Å²) < 4.78 is 39.2. The summed E-state index contributed by atoms with van der Waals surface area (Å²) in [7, 11) is 0. The number of carbonyl (C=O) groups excluding carboxylic acids is 1. The van der Waals surface area contributed by atoms with Crippen LogP contribution in [0.25, 0.3) is 0 Å². The molecule has 4 aliphatic rings. The molecular weight excluding hydrogens is 658 g/mol. The van der Waals surface area contributed by atoms with E-state index >= 15 is 0 Å². The predicted octanol–water partition coefficient (Wildman–Crippen LogP) is -8.33. The summed E-state index contributed by atoms with van der Waals surface area (Å²) in [5.74, 6) is -1.64. The number of ether oxygens (including phenoxy) is 7. The van der Waals surface area contributed by atoms with Gasteiger partial charge in [0.1, 0.15) is 85.4 Å². The van der Waals surface area contributed by atoms with Crippen molar-refractivity contribution in [2.75, 3.05) is 26.4 Å². The van der Waals surface area contributed by atoms with Crippen molar-refractivity contribution in [2.45, 2.75) is 131 Å². The van der Waals surface area contributed by atoms with Crippen LogP contribution in [0.5, 0.6) is 0 Å². The Labute approximate surface area is 273 Å². The summed E-state index contributed by atoms with van der Waals surface area (Å²) in [5.41, 5.74) is 0. The molecule has 0 aromatic carbocycles. The van der Waals surface area contributed by atoms with Gasteiger partial charge >= 0.3 is 0 Å². The Hall–Kier alpha value is -1.29. The maximum absolute atomic E-state index is 12.2. The van der Waals surface area contributed by atoms with E-state index in [1.165, 1.54) is 6.92 Å². The molecule has 12 unspecified atom stereocenters. The summed E-state index contributed by atoms with van der Waals surface area (Å²) in [5, 5.41) is 127. The van der Waals surface area contributed by atoms with Crippen LogP contribution >= 0.6 is 0 Å². The van der Waals surface area contributed by atoms with E-state index < -0.39 is 155 Å². The molecule has 4 aliphatic heterocycles. The number of aliphatic hydroxyl groups excluding tert-OH is 12. The van der Waals surface area contributed by atoms with Gasteiger partial charge in [-0.05, 0) is 0 Å². The second-order valence-electron chi connectivity index (χ2n) is 12.2. The molecule has 48 heavy (non-hydrogen) atoms. The summed E-state index contributed by atoms with van der Waals surface area (Å²) in [4.78, 5) is 12.2.